The van der Waals surface area contributed by atoms with Gasteiger partial charge in [0.25, 0.3) is 5.91 Å². The molecule has 2 rings (SSSR count). The molecule has 2 aromatic rings. The number of amides is 1. The van der Waals surface area contributed by atoms with Crippen LogP contribution < -0.4 is 5.73 Å². The molecule has 0 radical (unpaired) electrons. The van der Waals surface area contributed by atoms with E-state index >= 15 is 0 Å². The summed E-state index contributed by atoms with van der Waals surface area (Å²) >= 11 is 1.67. The highest BCUT2D eigenvalue weighted by Gasteiger charge is 2.13. The molecule has 2 N–H and O–H groups in total. The summed E-state index contributed by atoms with van der Waals surface area (Å²) in [4.78, 5) is 15.0. The molecule has 0 heterocycles. The largest absolute Gasteiger partial charge is 0.396 e. The van der Waals surface area contributed by atoms with Crippen LogP contribution in [0.3, 0.4) is 0 Å². The fourth-order valence-corrected chi connectivity index (χ4v) is 2.38. The SMILES string of the molecule is CSc1ccc(CN(C)C(=O)c2ccc(F)c(N)c2)cc1. The predicted octanol–water partition coefficient (Wildman–Crippen LogP) is 3.40. The number of carbonyl (C=O) groups excluding carboxylic acids is 1. The maximum Gasteiger partial charge on any atom is 0.253 e. The quantitative estimate of drug-likeness (QED) is 0.695. The molecule has 0 saturated carbocycles. The lowest BCUT2D eigenvalue weighted by Gasteiger charge is -2.18. The van der Waals surface area contributed by atoms with Gasteiger partial charge in [-0.2, -0.15) is 0 Å². The number of thioether (sulfide) groups is 1. The molecule has 21 heavy (non-hydrogen) atoms. The van der Waals surface area contributed by atoms with E-state index in [4.69, 9.17) is 5.73 Å². The minimum absolute atomic E-state index is 0.0152. The molecule has 0 saturated heterocycles. The van der Waals surface area contributed by atoms with Crippen molar-refractivity contribution in [2.24, 2.45) is 0 Å². The first-order chi connectivity index (χ1) is 10.0. The maximum absolute atomic E-state index is 13.1. The van der Waals surface area contributed by atoms with Gasteiger partial charge in [0.05, 0.1) is 5.69 Å². The number of carbonyl (C=O) groups is 1. The Morgan fingerprint density at radius 2 is 1.90 bits per heavy atom. The molecule has 110 valence electrons. The molecule has 0 aromatic heterocycles. The molecule has 0 aliphatic heterocycles. The fourth-order valence-electron chi connectivity index (χ4n) is 1.97. The molecule has 1 amide bonds. The topological polar surface area (TPSA) is 46.3 Å². The van der Waals surface area contributed by atoms with Gasteiger partial charge in [-0.25, -0.2) is 4.39 Å². The Morgan fingerprint density at radius 3 is 2.48 bits per heavy atom. The second-order valence-electron chi connectivity index (χ2n) is 4.75. The van der Waals surface area contributed by atoms with Crippen molar-refractivity contribution in [3.05, 3.63) is 59.4 Å². The van der Waals surface area contributed by atoms with Crippen molar-refractivity contribution < 1.29 is 9.18 Å². The predicted molar refractivity (Wildman–Crippen MR) is 84.8 cm³/mol. The van der Waals surface area contributed by atoms with E-state index in [1.54, 1.807) is 23.7 Å². The summed E-state index contributed by atoms with van der Waals surface area (Å²) in [5, 5.41) is 0. The molecular weight excluding hydrogens is 287 g/mol. The third kappa shape index (κ3) is 3.76. The van der Waals surface area contributed by atoms with Gasteiger partial charge in [0, 0.05) is 24.1 Å². The van der Waals surface area contributed by atoms with E-state index in [9.17, 15) is 9.18 Å². The lowest BCUT2D eigenvalue weighted by molar-refractivity contribution is 0.0785. The number of nitrogens with zero attached hydrogens (tertiary/aromatic N) is 1. The molecule has 0 spiro atoms. The minimum atomic E-state index is -0.512. The third-order valence-electron chi connectivity index (χ3n) is 3.17. The number of benzene rings is 2. The molecule has 2 aromatic carbocycles. The number of rotatable bonds is 4. The first-order valence-electron chi connectivity index (χ1n) is 6.44. The number of nitrogen functional groups attached to an aromatic ring is 1. The Labute approximate surface area is 127 Å². The van der Waals surface area contributed by atoms with E-state index < -0.39 is 5.82 Å². The summed E-state index contributed by atoms with van der Waals surface area (Å²) in [5.74, 6) is -0.697. The van der Waals surface area contributed by atoms with E-state index in [2.05, 4.69) is 0 Å². The minimum Gasteiger partial charge on any atom is -0.396 e. The van der Waals surface area contributed by atoms with Gasteiger partial charge in [0.15, 0.2) is 0 Å². The number of hydrogen-bond acceptors (Lipinski definition) is 3. The second-order valence-corrected chi connectivity index (χ2v) is 5.63. The van der Waals surface area contributed by atoms with Gasteiger partial charge in [-0.1, -0.05) is 12.1 Å². The Balaban J connectivity index is 2.09. The summed E-state index contributed by atoms with van der Waals surface area (Å²) in [6.07, 6.45) is 2.02. The van der Waals surface area contributed by atoms with Crippen LogP contribution in [0.25, 0.3) is 0 Å². The lowest BCUT2D eigenvalue weighted by atomic mass is 10.1. The van der Waals surface area contributed by atoms with Gasteiger partial charge in [-0.3, -0.25) is 4.79 Å². The van der Waals surface area contributed by atoms with Gasteiger partial charge in [0.2, 0.25) is 0 Å². The zero-order valence-electron chi connectivity index (χ0n) is 12.0. The Bertz CT molecular complexity index is 643. The van der Waals surface area contributed by atoms with E-state index in [1.807, 2.05) is 30.5 Å². The van der Waals surface area contributed by atoms with Gasteiger partial charge >= 0.3 is 0 Å². The first-order valence-corrected chi connectivity index (χ1v) is 7.67. The number of anilines is 1. The van der Waals surface area contributed by atoms with Gasteiger partial charge < -0.3 is 10.6 Å². The molecule has 3 nitrogen and oxygen atoms in total. The summed E-state index contributed by atoms with van der Waals surface area (Å²) in [7, 11) is 1.71. The monoisotopic (exact) mass is 304 g/mol. The zero-order chi connectivity index (χ0) is 15.4. The van der Waals surface area contributed by atoms with Crippen LogP contribution in [0, 0.1) is 5.82 Å². The van der Waals surface area contributed by atoms with Crippen LogP contribution in [-0.2, 0) is 6.54 Å². The van der Waals surface area contributed by atoms with Crippen LogP contribution in [0.5, 0.6) is 0 Å². The lowest BCUT2D eigenvalue weighted by Crippen LogP contribution is -2.26. The number of hydrogen-bond donors (Lipinski definition) is 1. The summed E-state index contributed by atoms with van der Waals surface area (Å²) < 4.78 is 13.1. The Hall–Kier alpha value is -2.01. The van der Waals surface area contributed by atoms with Crippen molar-refractivity contribution >= 4 is 23.4 Å². The second kappa shape index (κ2) is 6.63. The van der Waals surface area contributed by atoms with Crippen molar-refractivity contribution in [1.29, 1.82) is 0 Å². The molecule has 5 heteroatoms. The van der Waals surface area contributed by atoms with Crippen LogP contribution in [0.4, 0.5) is 10.1 Å². The van der Waals surface area contributed by atoms with Crippen molar-refractivity contribution in [2.45, 2.75) is 11.4 Å². The molecule has 0 aliphatic rings. The summed E-state index contributed by atoms with van der Waals surface area (Å²) in [6.45, 7) is 0.491. The molecule has 0 unspecified atom stereocenters. The zero-order valence-corrected chi connectivity index (χ0v) is 12.8. The number of halogens is 1. The molecule has 0 bridgehead atoms. The fraction of sp³-hybridized carbons (Fsp3) is 0.188. The highest BCUT2D eigenvalue weighted by molar-refractivity contribution is 7.98. The summed E-state index contributed by atoms with van der Waals surface area (Å²) in [5.41, 5.74) is 6.91. The van der Waals surface area contributed by atoms with Crippen LogP contribution in [0.1, 0.15) is 15.9 Å². The van der Waals surface area contributed by atoms with E-state index in [0.717, 1.165) is 5.56 Å². The average molecular weight is 304 g/mol. The Morgan fingerprint density at radius 1 is 1.24 bits per heavy atom. The van der Waals surface area contributed by atoms with Crippen molar-refractivity contribution in [3.63, 3.8) is 0 Å². The van der Waals surface area contributed by atoms with Crippen LogP contribution in [0.2, 0.25) is 0 Å². The van der Waals surface area contributed by atoms with E-state index in [-0.39, 0.29) is 11.6 Å². The van der Waals surface area contributed by atoms with Crippen LogP contribution in [0.15, 0.2) is 47.4 Å². The molecule has 0 fully saturated rings. The third-order valence-corrected chi connectivity index (χ3v) is 3.91. The number of nitrogens with two attached hydrogens (primary N) is 1. The Kier molecular flexibility index (Phi) is 4.85. The maximum atomic E-state index is 13.1. The highest BCUT2D eigenvalue weighted by atomic mass is 32.2. The van der Waals surface area contributed by atoms with E-state index in [0.29, 0.717) is 12.1 Å². The van der Waals surface area contributed by atoms with Gasteiger partial charge in [-0.15, -0.1) is 11.8 Å². The smallest absolute Gasteiger partial charge is 0.253 e. The highest BCUT2D eigenvalue weighted by Crippen LogP contribution is 2.17. The van der Waals surface area contributed by atoms with E-state index in [1.165, 1.54) is 23.1 Å². The van der Waals surface area contributed by atoms with Gasteiger partial charge in [0.1, 0.15) is 5.82 Å². The normalized spacial score (nSPS) is 10.4. The van der Waals surface area contributed by atoms with Crippen LogP contribution in [-0.4, -0.2) is 24.1 Å². The standard InChI is InChI=1S/C16H17FN2OS/c1-19(10-11-3-6-13(21-2)7-4-11)16(20)12-5-8-14(17)15(18)9-12/h3-9H,10,18H2,1-2H3. The summed E-state index contributed by atoms with van der Waals surface area (Å²) in [6, 6.07) is 12.1. The molecular formula is C16H17FN2OS. The van der Waals surface area contributed by atoms with Crippen molar-refractivity contribution in [1.82, 2.24) is 4.90 Å². The van der Waals surface area contributed by atoms with Crippen molar-refractivity contribution in [3.8, 4) is 0 Å². The molecule has 0 aliphatic carbocycles. The van der Waals surface area contributed by atoms with Gasteiger partial charge in [-0.05, 0) is 42.2 Å². The first kappa shape index (κ1) is 15.4. The average Bonchev–Trinajstić information content (AvgIpc) is 2.50. The van der Waals surface area contributed by atoms with Crippen LogP contribution >= 0.6 is 11.8 Å². The molecule has 0 atom stereocenters. The van der Waals surface area contributed by atoms with Crippen molar-refractivity contribution in [2.75, 3.05) is 19.0 Å².